The first-order valence-electron chi connectivity index (χ1n) is 10.6. The van der Waals surface area contributed by atoms with Gasteiger partial charge in [0, 0.05) is 29.4 Å². The van der Waals surface area contributed by atoms with Gasteiger partial charge in [0.2, 0.25) is 0 Å². The largest absolute Gasteiger partial charge is 0.381 e. The van der Waals surface area contributed by atoms with Gasteiger partial charge in [-0.05, 0) is 73.1 Å². The van der Waals surface area contributed by atoms with Gasteiger partial charge in [-0.2, -0.15) is 0 Å². The molecule has 2 aromatic rings. The van der Waals surface area contributed by atoms with Crippen LogP contribution in [0.25, 0.3) is 0 Å². The van der Waals surface area contributed by atoms with Crippen molar-refractivity contribution in [3.63, 3.8) is 0 Å². The molecule has 5 rings (SSSR count). The van der Waals surface area contributed by atoms with Crippen LogP contribution < -0.4 is 5.32 Å². The molecule has 2 heterocycles. The second-order valence-electron chi connectivity index (χ2n) is 8.99. The van der Waals surface area contributed by atoms with Crippen LogP contribution in [0.15, 0.2) is 41.1 Å². The van der Waals surface area contributed by atoms with Gasteiger partial charge >= 0.3 is 0 Å². The van der Waals surface area contributed by atoms with E-state index in [0.29, 0.717) is 16.9 Å². The van der Waals surface area contributed by atoms with Gasteiger partial charge in [-0.3, -0.25) is 9.69 Å². The second kappa shape index (κ2) is 7.60. The third-order valence-corrected chi connectivity index (χ3v) is 8.20. The van der Waals surface area contributed by atoms with Crippen LogP contribution in [0, 0.1) is 11.3 Å². The topological polar surface area (TPSA) is 67.3 Å². The molecule has 31 heavy (non-hydrogen) atoms. The Bertz CT molecular complexity index is 1050. The molecule has 2 spiro atoms. The number of rotatable bonds is 3. The zero-order valence-corrected chi connectivity index (χ0v) is 20.0. The van der Waals surface area contributed by atoms with Crippen molar-refractivity contribution in [2.45, 2.75) is 50.8 Å². The number of ether oxygens (including phenoxy) is 1. The average molecular weight is 501 g/mol. The van der Waals surface area contributed by atoms with Crippen molar-refractivity contribution in [3.05, 3.63) is 58.1 Å². The Balaban J connectivity index is 1.61. The number of fused-ring (bicyclic) bond motifs is 3. The van der Waals surface area contributed by atoms with Crippen molar-refractivity contribution in [2.24, 2.45) is 11.3 Å². The molecule has 8 heteroatoms. The van der Waals surface area contributed by atoms with Gasteiger partial charge < -0.3 is 10.1 Å². The first kappa shape index (κ1) is 21.0. The average Bonchev–Trinajstić information content (AvgIpc) is 3.16. The smallest absolute Gasteiger partial charge is 0.260 e. The molecule has 3 aliphatic rings. The fourth-order valence-corrected chi connectivity index (χ4v) is 6.72. The third-order valence-electron chi connectivity index (χ3n) is 7.38. The van der Waals surface area contributed by atoms with E-state index in [1.54, 1.807) is 30.5 Å². The van der Waals surface area contributed by atoms with Crippen molar-refractivity contribution in [1.29, 1.82) is 0 Å². The van der Waals surface area contributed by atoms with Gasteiger partial charge in [-0.1, -0.05) is 28.9 Å². The highest BCUT2D eigenvalue weighted by atomic mass is 79.9. The number of benzene rings is 1. The van der Waals surface area contributed by atoms with Crippen molar-refractivity contribution < 1.29 is 9.53 Å². The van der Waals surface area contributed by atoms with E-state index in [1.165, 1.54) is 5.56 Å². The molecule has 1 saturated carbocycles. The molecule has 1 aromatic carbocycles. The third kappa shape index (κ3) is 3.06. The Kier molecular flexibility index (Phi) is 5.14. The quantitative estimate of drug-likeness (QED) is 0.647. The maximum Gasteiger partial charge on any atom is 0.260 e. The Hall–Kier alpha value is -1.90. The predicted molar refractivity (Wildman–Crippen MR) is 124 cm³/mol. The summed E-state index contributed by atoms with van der Waals surface area (Å²) in [5.74, 6) is 0.933. The summed E-state index contributed by atoms with van der Waals surface area (Å²) in [6.45, 7) is 2.50. The molecule has 1 saturated heterocycles. The van der Waals surface area contributed by atoms with Crippen molar-refractivity contribution in [2.75, 3.05) is 7.11 Å². The van der Waals surface area contributed by atoms with Gasteiger partial charge in [-0.25, -0.2) is 9.97 Å². The van der Waals surface area contributed by atoms with Crippen LogP contribution in [0.4, 0.5) is 0 Å². The number of methoxy groups -OCH3 is 1. The van der Waals surface area contributed by atoms with E-state index in [2.05, 4.69) is 56.3 Å². The molecule has 6 nitrogen and oxygen atoms in total. The number of hydrogen-bond acceptors (Lipinski definition) is 5. The summed E-state index contributed by atoms with van der Waals surface area (Å²) in [5, 5.41) is 3.99. The van der Waals surface area contributed by atoms with E-state index < -0.39 is 5.54 Å². The van der Waals surface area contributed by atoms with Crippen LogP contribution in [0.3, 0.4) is 0 Å². The molecule has 2 fully saturated rings. The molecule has 0 bridgehead atoms. The molecule has 0 unspecified atom stereocenters. The zero-order valence-electron chi connectivity index (χ0n) is 17.6. The summed E-state index contributed by atoms with van der Waals surface area (Å²) in [6.07, 6.45) is 7.17. The van der Waals surface area contributed by atoms with Gasteiger partial charge in [0.1, 0.15) is 5.82 Å². The fraction of sp³-hybridized carbons (Fsp3) is 0.478. The summed E-state index contributed by atoms with van der Waals surface area (Å²) in [5.41, 5.74) is 1.13. The van der Waals surface area contributed by atoms with Crippen LogP contribution in [0.2, 0.25) is 0 Å². The van der Waals surface area contributed by atoms with E-state index in [9.17, 15) is 4.79 Å². The SMILES string of the molecule is CO[C@H]1CC[C@@]2(Cc3ccc(Br)cc3[C@]23NC(=S)N(Cc2ncccn2)C3=O)C[C@@H]1C. The minimum absolute atomic E-state index is 0.00451. The second-order valence-corrected chi connectivity index (χ2v) is 10.3. The van der Waals surface area contributed by atoms with Crippen LogP contribution in [-0.4, -0.2) is 39.1 Å². The molecule has 0 radical (unpaired) electrons. The number of nitrogens with zero attached hydrogens (tertiary/aromatic N) is 3. The number of hydrogen-bond donors (Lipinski definition) is 1. The van der Waals surface area contributed by atoms with E-state index >= 15 is 0 Å². The predicted octanol–water partition coefficient (Wildman–Crippen LogP) is 3.73. The molecule has 1 aromatic heterocycles. The van der Waals surface area contributed by atoms with Gasteiger partial charge in [0.25, 0.3) is 5.91 Å². The number of nitrogens with one attached hydrogen (secondary N) is 1. The molecular formula is C23H25BrN4O2S. The van der Waals surface area contributed by atoms with Crippen molar-refractivity contribution in [1.82, 2.24) is 20.2 Å². The van der Waals surface area contributed by atoms with E-state index in [0.717, 1.165) is 35.7 Å². The molecular weight excluding hydrogens is 476 g/mol. The molecule has 4 atom stereocenters. The lowest BCUT2D eigenvalue weighted by atomic mass is 9.59. The molecule has 162 valence electrons. The summed E-state index contributed by atoms with van der Waals surface area (Å²) < 4.78 is 6.70. The maximum absolute atomic E-state index is 14.2. The standard InChI is InChI=1S/C23H25BrN4O2S/c1-14-11-22(7-6-18(14)30-2)12-15-4-5-16(24)10-17(15)23(22)20(29)28(21(31)27-23)13-19-25-8-3-9-26-19/h3-5,8-10,14,18H,6-7,11-13H2,1-2H3,(H,27,31)/t14-,18-,22-,23+/m0/s1. The lowest BCUT2D eigenvalue weighted by molar-refractivity contribution is -0.140. The van der Waals surface area contributed by atoms with Crippen LogP contribution in [-0.2, 0) is 28.0 Å². The van der Waals surface area contributed by atoms with E-state index in [-0.39, 0.29) is 24.0 Å². The van der Waals surface area contributed by atoms with Gasteiger partial charge in [-0.15, -0.1) is 0 Å². The Morgan fingerprint density at radius 1 is 1.35 bits per heavy atom. The normalized spacial score (nSPS) is 32.0. The van der Waals surface area contributed by atoms with Crippen molar-refractivity contribution in [3.8, 4) is 0 Å². The number of carbonyl (C=O) groups is 1. The highest BCUT2D eigenvalue weighted by Crippen LogP contribution is 2.61. The molecule has 2 aliphatic carbocycles. The Morgan fingerprint density at radius 3 is 2.84 bits per heavy atom. The number of carbonyl (C=O) groups excluding carboxylic acids is 1. The number of halogens is 1. The highest BCUT2D eigenvalue weighted by molar-refractivity contribution is 9.10. The first-order valence-corrected chi connectivity index (χ1v) is 11.8. The monoisotopic (exact) mass is 500 g/mol. The van der Waals surface area contributed by atoms with E-state index in [1.807, 2.05) is 0 Å². The van der Waals surface area contributed by atoms with Crippen LogP contribution in [0.5, 0.6) is 0 Å². The zero-order chi connectivity index (χ0) is 21.8. The lowest BCUT2D eigenvalue weighted by Crippen LogP contribution is -2.58. The summed E-state index contributed by atoms with van der Waals surface area (Å²) >= 11 is 9.34. The highest BCUT2D eigenvalue weighted by Gasteiger charge is 2.67. The number of amides is 1. The first-order chi connectivity index (χ1) is 14.9. The summed E-state index contributed by atoms with van der Waals surface area (Å²) in [6, 6.07) is 8.06. The molecule has 1 amide bonds. The van der Waals surface area contributed by atoms with Gasteiger partial charge in [0.05, 0.1) is 12.6 Å². The Morgan fingerprint density at radius 2 is 2.13 bits per heavy atom. The maximum atomic E-state index is 14.2. The van der Waals surface area contributed by atoms with Crippen LogP contribution in [0.1, 0.15) is 43.1 Å². The van der Waals surface area contributed by atoms with E-state index in [4.69, 9.17) is 17.0 Å². The summed E-state index contributed by atoms with van der Waals surface area (Å²) in [7, 11) is 1.78. The number of thiocarbonyl (C=S) groups is 1. The van der Waals surface area contributed by atoms with Crippen LogP contribution >= 0.6 is 28.1 Å². The molecule has 1 aliphatic heterocycles. The molecule has 1 N–H and O–H groups in total. The van der Waals surface area contributed by atoms with Gasteiger partial charge in [0.15, 0.2) is 10.7 Å². The summed E-state index contributed by atoms with van der Waals surface area (Å²) in [4.78, 5) is 24.5. The Labute approximate surface area is 195 Å². The lowest BCUT2D eigenvalue weighted by Gasteiger charge is -2.48. The minimum Gasteiger partial charge on any atom is -0.381 e. The minimum atomic E-state index is -0.870. The fourth-order valence-electron chi connectivity index (χ4n) is 6.05. The number of aromatic nitrogens is 2. The van der Waals surface area contributed by atoms with Crippen molar-refractivity contribution >= 4 is 39.2 Å².